The lowest BCUT2D eigenvalue weighted by molar-refractivity contribution is -0.143. The highest BCUT2D eigenvalue weighted by atomic mass is 35.5. The van der Waals surface area contributed by atoms with E-state index in [1.807, 2.05) is 42.3 Å². The second-order valence-corrected chi connectivity index (χ2v) is 11.1. The minimum absolute atomic E-state index is 0. The summed E-state index contributed by atoms with van der Waals surface area (Å²) in [4.78, 5) is 35.1. The monoisotopic (exact) mass is 516 g/mol. The van der Waals surface area contributed by atoms with Crippen molar-refractivity contribution in [3.05, 3.63) is 36.0 Å². The molecule has 0 bridgehead atoms. The van der Waals surface area contributed by atoms with Crippen molar-refractivity contribution < 1.29 is 14.3 Å². The lowest BCUT2D eigenvalue weighted by Gasteiger charge is -2.45. The van der Waals surface area contributed by atoms with Crippen LogP contribution in [0, 0.1) is 17.8 Å². The number of aromatic nitrogens is 1. The Morgan fingerprint density at radius 3 is 2.28 bits per heavy atom. The van der Waals surface area contributed by atoms with E-state index >= 15 is 0 Å². The molecule has 3 aliphatic rings. The first-order valence-electron chi connectivity index (χ1n) is 13.4. The van der Waals surface area contributed by atoms with Crippen LogP contribution in [0.1, 0.15) is 55.8 Å². The summed E-state index contributed by atoms with van der Waals surface area (Å²) < 4.78 is 5.59. The summed E-state index contributed by atoms with van der Waals surface area (Å²) in [5, 5.41) is 4.27. The predicted molar refractivity (Wildman–Crippen MR) is 144 cm³/mol. The third kappa shape index (κ3) is 5.58. The van der Waals surface area contributed by atoms with Crippen LogP contribution in [0.15, 0.2) is 30.5 Å². The first kappa shape index (κ1) is 27.0. The zero-order chi connectivity index (χ0) is 24.4. The molecule has 2 aromatic rings. The van der Waals surface area contributed by atoms with Gasteiger partial charge in [-0.25, -0.2) is 0 Å². The normalized spacial score (nSPS) is 22.7. The van der Waals surface area contributed by atoms with Gasteiger partial charge in [-0.3, -0.25) is 9.59 Å². The smallest absolute Gasteiger partial charge is 0.252 e. The van der Waals surface area contributed by atoms with Crippen molar-refractivity contribution in [2.75, 3.05) is 46.4 Å². The number of ether oxygens (including phenoxy) is 1. The number of benzene rings is 1. The van der Waals surface area contributed by atoms with Crippen molar-refractivity contribution in [3.8, 4) is 0 Å². The van der Waals surface area contributed by atoms with Crippen molar-refractivity contribution in [1.29, 1.82) is 0 Å². The maximum atomic E-state index is 14.0. The number of hydrogen-bond donors (Lipinski definition) is 2. The predicted octanol–water partition coefficient (Wildman–Crippen LogP) is 4.09. The lowest BCUT2D eigenvalue weighted by atomic mass is 9.76. The van der Waals surface area contributed by atoms with Gasteiger partial charge in [-0.2, -0.15) is 0 Å². The van der Waals surface area contributed by atoms with E-state index in [-0.39, 0.29) is 30.1 Å². The van der Waals surface area contributed by atoms with E-state index < -0.39 is 5.54 Å². The molecule has 4 heterocycles. The fraction of sp³-hybridized carbons (Fsp3) is 0.643. The van der Waals surface area contributed by atoms with E-state index in [0.717, 1.165) is 55.6 Å². The maximum Gasteiger partial charge on any atom is 0.252 e. The fourth-order valence-corrected chi connectivity index (χ4v) is 6.50. The number of hydrogen-bond acceptors (Lipinski definition) is 4. The van der Waals surface area contributed by atoms with Crippen LogP contribution < -0.4 is 5.32 Å². The van der Waals surface area contributed by atoms with Gasteiger partial charge in [0.2, 0.25) is 5.91 Å². The summed E-state index contributed by atoms with van der Waals surface area (Å²) in [6.45, 7) is 7.17. The largest absolute Gasteiger partial charge is 0.381 e. The number of carbonyl (C=O) groups is 2. The Morgan fingerprint density at radius 1 is 0.972 bits per heavy atom. The quantitative estimate of drug-likeness (QED) is 0.627. The molecule has 2 N–H and O–H groups in total. The number of amides is 2. The SMILES string of the molecule is CN1CCC(C2CCN(C(=O)[C@](C)(NC(=O)c3ccc4cc[nH]c4c3)C3CCOCC3)CC2)CC1.Cl. The first-order chi connectivity index (χ1) is 16.9. The van der Waals surface area contributed by atoms with Gasteiger partial charge in [-0.05, 0) is 107 Å². The molecule has 2 amide bonds. The van der Waals surface area contributed by atoms with E-state index in [0.29, 0.717) is 24.7 Å². The zero-order valence-electron chi connectivity index (χ0n) is 21.6. The van der Waals surface area contributed by atoms with E-state index in [1.54, 1.807) is 0 Å². The number of H-pyrrole nitrogens is 1. The van der Waals surface area contributed by atoms with Crippen molar-refractivity contribution in [2.24, 2.45) is 17.8 Å². The van der Waals surface area contributed by atoms with Gasteiger partial charge in [0.15, 0.2) is 0 Å². The minimum Gasteiger partial charge on any atom is -0.381 e. The molecule has 0 saturated carbocycles. The van der Waals surface area contributed by atoms with E-state index in [4.69, 9.17) is 4.74 Å². The Kier molecular flexibility index (Phi) is 8.63. The number of aromatic amines is 1. The number of piperidine rings is 2. The molecule has 3 fully saturated rings. The van der Waals surface area contributed by atoms with Crippen molar-refractivity contribution in [2.45, 2.75) is 51.0 Å². The standard InChI is InChI=1S/C28H40N4O3.ClH/c1-28(24-10-17-35-18-11-24,30-26(33)23-4-3-22-5-12-29-25(22)19-23)27(34)32-15-8-21(9-16-32)20-6-13-31(2)14-7-20;/h3-5,12,19-21,24,29H,6-11,13-18H2,1-2H3,(H,30,33);1H/t28-;/m1./s1. The molecule has 36 heavy (non-hydrogen) atoms. The highest BCUT2D eigenvalue weighted by molar-refractivity contribution is 6.01. The number of nitrogens with one attached hydrogen (secondary N) is 2. The Bertz CT molecular complexity index is 1040. The average Bonchev–Trinajstić information content (AvgIpc) is 3.37. The van der Waals surface area contributed by atoms with Gasteiger partial charge in [0, 0.05) is 43.6 Å². The number of halogens is 1. The number of carbonyl (C=O) groups excluding carboxylic acids is 2. The molecule has 1 atom stereocenters. The first-order valence-corrected chi connectivity index (χ1v) is 13.4. The molecule has 0 aliphatic carbocycles. The van der Waals surface area contributed by atoms with Crippen LogP contribution in [0.5, 0.6) is 0 Å². The molecule has 0 radical (unpaired) electrons. The summed E-state index contributed by atoms with van der Waals surface area (Å²) in [6.07, 6.45) is 8.13. The molecule has 7 nitrogen and oxygen atoms in total. The van der Waals surface area contributed by atoms with E-state index in [1.165, 1.54) is 25.9 Å². The van der Waals surface area contributed by atoms with Gasteiger partial charge >= 0.3 is 0 Å². The van der Waals surface area contributed by atoms with Crippen LogP contribution in [0.2, 0.25) is 0 Å². The second-order valence-electron chi connectivity index (χ2n) is 11.1. The molecule has 1 aromatic carbocycles. The second kappa shape index (κ2) is 11.5. The van der Waals surface area contributed by atoms with Crippen LogP contribution in [-0.2, 0) is 9.53 Å². The summed E-state index contributed by atoms with van der Waals surface area (Å²) in [6, 6.07) is 7.64. The highest BCUT2D eigenvalue weighted by Crippen LogP contribution is 2.35. The summed E-state index contributed by atoms with van der Waals surface area (Å²) in [7, 11) is 2.21. The third-order valence-corrected chi connectivity index (χ3v) is 8.93. The van der Waals surface area contributed by atoms with Gasteiger partial charge < -0.3 is 24.8 Å². The third-order valence-electron chi connectivity index (χ3n) is 8.93. The van der Waals surface area contributed by atoms with Crippen LogP contribution >= 0.6 is 12.4 Å². The fourth-order valence-electron chi connectivity index (χ4n) is 6.50. The van der Waals surface area contributed by atoms with Crippen LogP contribution in [-0.4, -0.2) is 78.6 Å². The van der Waals surface area contributed by atoms with Gasteiger partial charge in [0.25, 0.3) is 5.91 Å². The number of rotatable bonds is 5. The van der Waals surface area contributed by atoms with E-state index in [2.05, 4.69) is 22.2 Å². The Balaban J connectivity index is 0.00000304. The molecule has 198 valence electrons. The Hall–Kier alpha value is -2.09. The molecule has 1 aromatic heterocycles. The van der Waals surface area contributed by atoms with Crippen molar-refractivity contribution >= 4 is 35.1 Å². The Labute approximate surface area is 220 Å². The molecule has 3 saturated heterocycles. The molecule has 0 spiro atoms. The van der Waals surface area contributed by atoms with Gasteiger partial charge in [0.05, 0.1) is 0 Å². The number of likely N-dealkylation sites (tertiary alicyclic amines) is 2. The summed E-state index contributed by atoms with van der Waals surface area (Å²) >= 11 is 0. The molecular weight excluding hydrogens is 476 g/mol. The molecule has 5 rings (SSSR count). The zero-order valence-corrected chi connectivity index (χ0v) is 22.4. The van der Waals surface area contributed by atoms with Gasteiger partial charge in [0.1, 0.15) is 5.54 Å². The molecule has 0 unspecified atom stereocenters. The minimum atomic E-state index is -0.939. The molecule has 8 heteroatoms. The van der Waals surface area contributed by atoms with Gasteiger partial charge in [-0.1, -0.05) is 6.07 Å². The van der Waals surface area contributed by atoms with Crippen LogP contribution in [0.4, 0.5) is 0 Å². The Morgan fingerprint density at radius 2 is 1.61 bits per heavy atom. The average molecular weight is 517 g/mol. The summed E-state index contributed by atoms with van der Waals surface area (Å²) in [5.41, 5.74) is 0.561. The molecular formula is C28H41ClN4O3. The van der Waals surface area contributed by atoms with Crippen LogP contribution in [0.25, 0.3) is 10.9 Å². The van der Waals surface area contributed by atoms with Crippen molar-refractivity contribution in [3.63, 3.8) is 0 Å². The summed E-state index contributed by atoms with van der Waals surface area (Å²) in [5.74, 6) is 1.44. The van der Waals surface area contributed by atoms with Crippen LogP contribution in [0.3, 0.4) is 0 Å². The lowest BCUT2D eigenvalue weighted by Crippen LogP contribution is -2.63. The maximum absolute atomic E-state index is 14.0. The van der Waals surface area contributed by atoms with Gasteiger partial charge in [-0.15, -0.1) is 12.4 Å². The van der Waals surface area contributed by atoms with Crippen molar-refractivity contribution in [1.82, 2.24) is 20.1 Å². The van der Waals surface area contributed by atoms with E-state index in [9.17, 15) is 9.59 Å². The number of fused-ring (bicyclic) bond motifs is 1. The molecule has 3 aliphatic heterocycles. The topological polar surface area (TPSA) is 77.7 Å². The highest BCUT2D eigenvalue weighted by Gasteiger charge is 2.46. The number of nitrogens with zero attached hydrogens (tertiary/aromatic N) is 2.